The number of rotatable bonds is 2. The summed E-state index contributed by atoms with van der Waals surface area (Å²) in [6.07, 6.45) is -0.572. The second-order valence-electron chi connectivity index (χ2n) is 5.06. The molecule has 0 spiro atoms. The lowest BCUT2D eigenvalue weighted by atomic mass is 9.99. The Morgan fingerprint density at radius 3 is 2.68 bits per heavy atom. The lowest BCUT2D eigenvalue weighted by molar-refractivity contribution is 0.161. The van der Waals surface area contributed by atoms with E-state index < -0.39 is 12.2 Å². The number of anilines is 1. The van der Waals surface area contributed by atoms with Gasteiger partial charge < -0.3 is 14.6 Å². The van der Waals surface area contributed by atoms with E-state index in [9.17, 15) is 9.90 Å². The maximum atomic E-state index is 12.4. The van der Waals surface area contributed by atoms with Crippen LogP contribution in [0.1, 0.15) is 18.1 Å². The topological polar surface area (TPSA) is 59.0 Å². The van der Waals surface area contributed by atoms with Gasteiger partial charge in [-0.15, -0.1) is 0 Å². The normalized spacial score (nSPS) is 16.8. The number of hydrogen-bond acceptors (Lipinski definition) is 4. The second kappa shape index (κ2) is 6.07. The number of methoxy groups -OCH3 is 1. The molecule has 0 radical (unpaired) electrons. The fourth-order valence-corrected chi connectivity index (χ4v) is 2.53. The molecular formula is C17H17NO4. The zero-order valence-corrected chi connectivity index (χ0v) is 12.2. The van der Waals surface area contributed by atoms with Crippen LogP contribution in [-0.4, -0.2) is 24.9 Å². The highest BCUT2D eigenvalue weighted by molar-refractivity contribution is 5.91. The molecule has 1 N–H and O–H groups in total. The van der Waals surface area contributed by atoms with Crippen molar-refractivity contribution in [2.45, 2.75) is 12.5 Å². The molecule has 0 aliphatic carbocycles. The molecule has 0 saturated carbocycles. The van der Waals surface area contributed by atoms with Crippen LogP contribution in [0.25, 0.3) is 0 Å². The highest BCUT2D eigenvalue weighted by Gasteiger charge is 2.29. The Morgan fingerprint density at radius 2 is 1.95 bits per heavy atom. The van der Waals surface area contributed by atoms with Crippen molar-refractivity contribution in [1.29, 1.82) is 0 Å². The summed E-state index contributed by atoms with van der Waals surface area (Å²) >= 11 is 0. The first kappa shape index (κ1) is 14.4. The fourth-order valence-electron chi connectivity index (χ4n) is 2.53. The first-order valence-electron chi connectivity index (χ1n) is 7.09. The molecule has 0 fully saturated rings. The van der Waals surface area contributed by atoms with E-state index in [0.717, 1.165) is 0 Å². The van der Waals surface area contributed by atoms with E-state index in [0.29, 0.717) is 35.7 Å². The van der Waals surface area contributed by atoms with Crippen molar-refractivity contribution in [3.63, 3.8) is 0 Å². The van der Waals surface area contributed by atoms with Gasteiger partial charge in [-0.2, -0.15) is 0 Å². The van der Waals surface area contributed by atoms with Gasteiger partial charge in [-0.3, -0.25) is 4.90 Å². The van der Waals surface area contributed by atoms with Crippen molar-refractivity contribution >= 4 is 11.8 Å². The molecule has 1 heterocycles. The summed E-state index contributed by atoms with van der Waals surface area (Å²) in [6, 6.07) is 14.2. The highest BCUT2D eigenvalue weighted by Crippen LogP contribution is 2.36. The molecule has 1 aliphatic rings. The number of fused-ring (bicyclic) bond motifs is 1. The molecule has 0 aromatic heterocycles. The van der Waals surface area contributed by atoms with E-state index >= 15 is 0 Å². The van der Waals surface area contributed by atoms with E-state index in [2.05, 4.69) is 0 Å². The molecule has 1 unspecified atom stereocenters. The van der Waals surface area contributed by atoms with E-state index in [1.165, 1.54) is 4.90 Å². The molecule has 0 bridgehead atoms. The number of benzene rings is 2. The minimum atomic E-state index is -0.582. The largest absolute Gasteiger partial charge is 0.497 e. The molecule has 1 aliphatic heterocycles. The molecule has 2 aromatic carbocycles. The van der Waals surface area contributed by atoms with Crippen LogP contribution in [0.3, 0.4) is 0 Å². The minimum absolute atomic E-state index is 0.396. The number of aliphatic hydroxyl groups is 1. The van der Waals surface area contributed by atoms with Crippen molar-refractivity contribution in [3.05, 3.63) is 54.1 Å². The van der Waals surface area contributed by atoms with Crippen molar-refractivity contribution in [2.75, 3.05) is 18.6 Å². The van der Waals surface area contributed by atoms with E-state index in [4.69, 9.17) is 9.47 Å². The van der Waals surface area contributed by atoms with Crippen LogP contribution in [0.2, 0.25) is 0 Å². The first-order valence-corrected chi connectivity index (χ1v) is 7.09. The van der Waals surface area contributed by atoms with E-state index in [1.807, 2.05) is 6.07 Å². The average molecular weight is 299 g/mol. The predicted molar refractivity (Wildman–Crippen MR) is 82.4 cm³/mol. The van der Waals surface area contributed by atoms with Gasteiger partial charge in [-0.05, 0) is 24.6 Å². The van der Waals surface area contributed by atoms with Gasteiger partial charge in [0.05, 0.1) is 18.9 Å². The van der Waals surface area contributed by atoms with Crippen LogP contribution >= 0.6 is 0 Å². The number of carbonyl (C=O) groups is 1. The van der Waals surface area contributed by atoms with Gasteiger partial charge in [0.1, 0.15) is 11.5 Å². The van der Waals surface area contributed by atoms with Gasteiger partial charge in [-0.25, -0.2) is 4.79 Å². The van der Waals surface area contributed by atoms with Gasteiger partial charge >= 0.3 is 6.09 Å². The number of carbonyl (C=O) groups excluding carboxylic acids is 1. The number of para-hydroxylation sites is 1. The standard InChI is InChI=1S/C17H17NO4/c1-21-13-7-8-14-15(11-13)18(10-9-16(14)19)17(20)22-12-5-3-2-4-6-12/h2-8,11,16,19H,9-10H2,1H3. The van der Waals surface area contributed by atoms with Crippen LogP contribution in [0.15, 0.2) is 48.5 Å². The molecular weight excluding hydrogens is 282 g/mol. The lowest BCUT2D eigenvalue weighted by Gasteiger charge is -2.31. The Hall–Kier alpha value is -2.53. The number of ether oxygens (including phenoxy) is 2. The van der Waals surface area contributed by atoms with E-state index in [1.54, 1.807) is 49.6 Å². The molecule has 2 aromatic rings. The van der Waals surface area contributed by atoms with Crippen LogP contribution in [0.4, 0.5) is 10.5 Å². The number of aliphatic hydroxyl groups excluding tert-OH is 1. The van der Waals surface area contributed by atoms with Gasteiger partial charge in [0.25, 0.3) is 0 Å². The van der Waals surface area contributed by atoms with Gasteiger partial charge in [0.2, 0.25) is 0 Å². The Labute approximate surface area is 128 Å². The molecule has 114 valence electrons. The highest BCUT2D eigenvalue weighted by atomic mass is 16.6. The molecule has 1 amide bonds. The maximum Gasteiger partial charge on any atom is 0.419 e. The molecule has 5 heteroatoms. The predicted octanol–water partition coefficient (Wildman–Crippen LogP) is 3.14. The zero-order chi connectivity index (χ0) is 15.5. The third-order valence-corrected chi connectivity index (χ3v) is 3.68. The van der Waals surface area contributed by atoms with Crippen LogP contribution in [0, 0.1) is 0 Å². The average Bonchev–Trinajstić information content (AvgIpc) is 2.55. The van der Waals surface area contributed by atoms with Crippen molar-refractivity contribution in [2.24, 2.45) is 0 Å². The maximum absolute atomic E-state index is 12.4. The summed E-state index contributed by atoms with van der Waals surface area (Å²) in [5.41, 5.74) is 1.33. The Morgan fingerprint density at radius 1 is 1.18 bits per heavy atom. The molecule has 1 atom stereocenters. The van der Waals surface area contributed by atoms with E-state index in [-0.39, 0.29) is 0 Å². The summed E-state index contributed by atoms with van der Waals surface area (Å²) in [5, 5.41) is 10.1. The van der Waals surface area contributed by atoms with Gasteiger partial charge in [-0.1, -0.05) is 24.3 Å². The Balaban J connectivity index is 1.89. The number of amides is 1. The summed E-state index contributed by atoms with van der Waals surface area (Å²) in [5.74, 6) is 1.12. The molecule has 5 nitrogen and oxygen atoms in total. The molecule has 3 rings (SSSR count). The summed E-state index contributed by atoms with van der Waals surface area (Å²) in [7, 11) is 1.56. The van der Waals surface area contributed by atoms with Crippen molar-refractivity contribution < 1.29 is 19.4 Å². The monoisotopic (exact) mass is 299 g/mol. The van der Waals surface area contributed by atoms with Crippen LogP contribution in [-0.2, 0) is 0 Å². The first-order chi connectivity index (χ1) is 10.7. The lowest BCUT2D eigenvalue weighted by Crippen LogP contribution is -2.38. The summed E-state index contributed by atoms with van der Waals surface area (Å²) in [4.78, 5) is 13.9. The van der Waals surface area contributed by atoms with Crippen molar-refractivity contribution in [1.82, 2.24) is 0 Å². The number of hydrogen-bond donors (Lipinski definition) is 1. The second-order valence-corrected chi connectivity index (χ2v) is 5.06. The van der Waals surface area contributed by atoms with Crippen molar-refractivity contribution in [3.8, 4) is 11.5 Å². The quantitative estimate of drug-likeness (QED) is 0.925. The Kier molecular flexibility index (Phi) is 3.98. The fraction of sp³-hybridized carbons (Fsp3) is 0.235. The van der Waals surface area contributed by atoms with Gasteiger partial charge in [0, 0.05) is 18.2 Å². The SMILES string of the molecule is COc1ccc2c(c1)N(C(=O)Oc1ccccc1)CCC2O. The summed E-state index contributed by atoms with van der Waals surface area (Å²) in [6.45, 7) is 0.396. The summed E-state index contributed by atoms with van der Waals surface area (Å²) < 4.78 is 10.6. The number of nitrogens with zero attached hydrogens (tertiary/aromatic N) is 1. The van der Waals surface area contributed by atoms with Gasteiger partial charge in [0.15, 0.2) is 0 Å². The third kappa shape index (κ3) is 2.76. The van der Waals surface area contributed by atoms with Crippen LogP contribution < -0.4 is 14.4 Å². The molecule has 22 heavy (non-hydrogen) atoms. The zero-order valence-electron chi connectivity index (χ0n) is 12.2. The Bertz CT molecular complexity index is 672. The molecule has 0 saturated heterocycles. The smallest absolute Gasteiger partial charge is 0.419 e. The third-order valence-electron chi connectivity index (χ3n) is 3.68. The van der Waals surface area contributed by atoms with Crippen LogP contribution in [0.5, 0.6) is 11.5 Å². The minimum Gasteiger partial charge on any atom is -0.497 e.